The molecule has 0 fully saturated rings. The van der Waals surface area contributed by atoms with Gasteiger partial charge in [0, 0.05) is 12.8 Å². The standard InChI is InChI=1S/C36H68O7/c1-3-5-7-9-11-12-13-14-15-16-20-24-28-35(40)42-30-32(37)31-43-36(41)29-25-21-17-19-23-27-34(39)33(38)26-22-18-10-8-6-4-2/h18,22,32-34,37-39H,3-17,19-21,23-31H2,1-2H3/b22-18-/t32-,33-,34-/m1/s1. The minimum absolute atomic E-state index is 0.153. The van der Waals surface area contributed by atoms with Crippen LogP contribution in [0.2, 0.25) is 0 Å². The predicted molar refractivity (Wildman–Crippen MR) is 176 cm³/mol. The van der Waals surface area contributed by atoms with Crippen molar-refractivity contribution < 1.29 is 34.4 Å². The van der Waals surface area contributed by atoms with Gasteiger partial charge in [-0.3, -0.25) is 9.59 Å². The first-order chi connectivity index (χ1) is 20.9. The summed E-state index contributed by atoms with van der Waals surface area (Å²) in [4.78, 5) is 23.8. The average Bonchev–Trinajstić information content (AvgIpc) is 3.00. The Morgan fingerprint density at radius 1 is 0.535 bits per heavy atom. The summed E-state index contributed by atoms with van der Waals surface area (Å²) in [6.07, 6.45) is 27.2. The Hall–Kier alpha value is -1.44. The number of esters is 2. The lowest BCUT2D eigenvalue weighted by molar-refractivity contribution is -0.152. The Morgan fingerprint density at radius 2 is 0.953 bits per heavy atom. The Balaban J connectivity index is 3.57. The van der Waals surface area contributed by atoms with E-state index in [2.05, 4.69) is 19.9 Å². The number of allylic oxidation sites excluding steroid dienone is 1. The molecule has 0 aliphatic rings. The van der Waals surface area contributed by atoms with Crippen molar-refractivity contribution in [1.82, 2.24) is 0 Å². The highest BCUT2D eigenvalue weighted by atomic mass is 16.6. The fraction of sp³-hybridized carbons (Fsp3) is 0.889. The zero-order valence-electron chi connectivity index (χ0n) is 28.0. The fourth-order valence-electron chi connectivity index (χ4n) is 5.05. The van der Waals surface area contributed by atoms with Crippen LogP contribution in [-0.4, -0.2) is 58.8 Å². The van der Waals surface area contributed by atoms with Crippen LogP contribution in [0.4, 0.5) is 0 Å². The lowest BCUT2D eigenvalue weighted by Crippen LogP contribution is -2.25. The predicted octanol–water partition coefficient (Wildman–Crippen LogP) is 8.50. The topological polar surface area (TPSA) is 113 Å². The zero-order valence-corrected chi connectivity index (χ0v) is 28.0. The summed E-state index contributed by atoms with van der Waals surface area (Å²) in [5.74, 6) is -0.669. The van der Waals surface area contributed by atoms with Crippen molar-refractivity contribution in [2.24, 2.45) is 0 Å². The molecule has 3 N–H and O–H groups in total. The minimum atomic E-state index is -1.01. The van der Waals surface area contributed by atoms with E-state index in [-0.39, 0.29) is 31.6 Å². The summed E-state index contributed by atoms with van der Waals surface area (Å²) >= 11 is 0. The molecule has 0 spiro atoms. The van der Waals surface area contributed by atoms with Gasteiger partial charge in [0.2, 0.25) is 0 Å². The number of hydrogen-bond donors (Lipinski definition) is 3. The molecule has 0 rings (SSSR count). The molecule has 0 aromatic heterocycles. The van der Waals surface area contributed by atoms with Gasteiger partial charge in [-0.05, 0) is 38.5 Å². The third kappa shape index (κ3) is 30.4. The maximum Gasteiger partial charge on any atom is 0.305 e. The lowest BCUT2D eigenvalue weighted by Gasteiger charge is -2.16. The van der Waals surface area contributed by atoms with Crippen molar-refractivity contribution in [3.05, 3.63) is 12.2 Å². The molecule has 0 aromatic carbocycles. The van der Waals surface area contributed by atoms with E-state index in [0.717, 1.165) is 51.4 Å². The molecule has 43 heavy (non-hydrogen) atoms. The molecule has 0 bridgehead atoms. The van der Waals surface area contributed by atoms with Gasteiger partial charge in [0.15, 0.2) is 0 Å². The van der Waals surface area contributed by atoms with Crippen LogP contribution < -0.4 is 0 Å². The van der Waals surface area contributed by atoms with Crippen molar-refractivity contribution in [2.75, 3.05) is 13.2 Å². The smallest absolute Gasteiger partial charge is 0.305 e. The second-order valence-electron chi connectivity index (χ2n) is 12.3. The van der Waals surface area contributed by atoms with Crippen molar-refractivity contribution in [3.63, 3.8) is 0 Å². The maximum absolute atomic E-state index is 11.9. The molecule has 0 aromatic rings. The monoisotopic (exact) mass is 612 g/mol. The van der Waals surface area contributed by atoms with Crippen molar-refractivity contribution in [1.29, 1.82) is 0 Å². The number of unbranched alkanes of at least 4 members (excludes halogenated alkanes) is 18. The number of hydrogen-bond acceptors (Lipinski definition) is 7. The molecule has 0 heterocycles. The van der Waals surface area contributed by atoms with E-state index in [1.54, 1.807) is 0 Å². The second kappa shape index (κ2) is 32.0. The van der Waals surface area contributed by atoms with Gasteiger partial charge in [0.05, 0.1) is 12.2 Å². The van der Waals surface area contributed by atoms with E-state index in [9.17, 15) is 24.9 Å². The van der Waals surface area contributed by atoms with E-state index in [0.29, 0.717) is 25.7 Å². The fourth-order valence-corrected chi connectivity index (χ4v) is 5.05. The Kier molecular flexibility index (Phi) is 30.9. The normalized spacial score (nSPS) is 13.7. The van der Waals surface area contributed by atoms with Crippen molar-refractivity contribution in [3.8, 4) is 0 Å². The quantitative estimate of drug-likeness (QED) is 0.0396. The second-order valence-corrected chi connectivity index (χ2v) is 12.3. The van der Waals surface area contributed by atoms with E-state index in [1.165, 1.54) is 77.0 Å². The number of rotatable bonds is 32. The molecule has 0 radical (unpaired) electrons. The minimum Gasteiger partial charge on any atom is -0.463 e. The highest BCUT2D eigenvalue weighted by Crippen LogP contribution is 2.14. The Labute approximate surface area is 264 Å². The third-order valence-electron chi connectivity index (χ3n) is 7.95. The van der Waals surface area contributed by atoms with Gasteiger partial charge >= 0.3 is 11.9 Å². The lowest BCUT2D eigenvalue weighted by atomic mass is 10.0. The van der Waals surface area contributed by atoms with Crippen LogP contribution in [0.5, 0.6) is 0 Å². The third-order valence-corrected chi connectivity index (χ3v) is 7.95. The van der Waals surface area contributed by atoms with Gasteiger partial charge in [0.25, 0.3) is 0 Å². The zero-order chi connectivity index (χ0) is 31.8. The summed E-state index contributed by atoms with van der Waals surface area (Å²) in [5.41, 5.74) is 0. The molecule has 0 saturated heterocycles. The Morgan fingerprint density at radius 3 is 1.44 bits per heavy atom. The van der Waals surface area contributed by atoms with E-state index in [1.807, 2.05) is 6.08 Å². The van der Waals surface area contributed by atoms with Crippen LogP contribution in [0.25, 0.3) is 0 Å². The van der Waals surface area contributed by atoms with Crippen LogP contribution in [0, 0.1) is 0 Å². The van der Waals surface area contributed by atoms with E-state index in [4.69, 9.17) is 9.47 Å². The number of carbonyl (C=O) groups is 2. The summed E-state index contributed by atoms with van der Waals surface area (Å²) in [6.45, 7) is 4.10. The molecular formula is C36H68O7. The molecular weight excluding hydrogens is 544 g/mol. The van der Waals surface area contributed by atoms with Crippen LogP contribution in [-0.2, 0) is 19.1 Å². The van der Waals surface area contributed by atoms with Gasteiger partial charge in [-0.2, -0.15) is 0 Å². The molecule has 7 nitrogen and oxygen atoms in total. The van der Waals surface area contributed by atoms with Crippen molar-refractivity contribution >= 4 is 11.9 Å². The number of aliphatic hydroxyl groups is 3. The molecule has 254 valence electrons. The molecule has 0 saturated carbocycles. The number of ether oxygens (including phenoxy) is 2. The van der Waals surface area contributed by atoms with Gasteiger partial charge < -0.3 is 24.8 Å². The Bertz CT molecular complexity index is 652. The number of aliphatic hydroxyl groups excluding tert-OH is 3. The van der Waals surface area contributed by atoms with Gasteiger partial charge in [-0.15, -0.1) is 0 Å². The molecule has 0 unspecified atom stereocenters. The largest absolute Gasteiger partial charge is 0.463 e. The van der Waals surface area contributed by atoms with Crippen LogP contribution in [0.15, 0.2) is 12.2 Å². The average molecular weight is 613 g/mol. The summed E-state index contributed by atoms with van der Waals surface area (Å²) in [6, 6.07) is 0. The summed E-state index contributed by atoms with van der Waals surface area (Å²) in [7, 11) is 0. The van der Waals surface area contributed by atoms with E-state index < -0.39 is 18.3 Å². The highest BCUT2D eigenvalue weighted by Gasteiger charge is 2.14. The maximum atomic E-state index is 11.9. The van der Waals surface area contributed by atoms with Crippen LogP contribution in [0.3, 0.4) is 0 Å². The summed E-state index contributed by atoms with van der Waals surface area (Å²) < 4.78 is 10.2. The van der Waals surface area contributed by atoms with Crippen molar-refractivity contribution in [2.45, 2.75) is 193 Å². The van der Waals surface area contributed by atoms with Gasteiger partial charge in [-0.1, -0.05) is 135 Å². The van der Waals surface area contributed by atoms with Crippen LogP contribution >= 0.6 is 0 Å². The molecule has 0 aliphatic heterocycles. The SMILES string of the molecule is CCCCC/C=C\C[C@@H](O)[C@H](O)CCCCCCCC(=O)OC[C@H](O)COC(=O)CCCCCCCCCCCCCC. The van der Waals surface area contributed by atoms with Gasteiger partial charge in [-0.25, -0.2) is 0 Å². The molecule has 0 aliphatic carbocycles. The van der Waals surface area contributed by atoms with Crippen LogP contribution in [0.1, 0.15) is 174 Å². The first kappa shape index (κ1) is 41.6. The molecule has 0 amide bonds. The molecule has 3 atom stereocenters. The summed E-state index contributed by atoms with van der Waals surface area (Å²) in [5, 5.41) is 30.2. The first-order valence-corrected chi connectivity index (χ1v) is 17.9. The van der Waals surface area contributed by atoms with Gasteiger partial charge in [0.1, 0.15) is 19.3 Å². The molecule has 7 heteroatoms. The van der Waals surface area contributed by atoms with E-state index >= 15 is 0 Å². The highest BCUT2D eigenvalue weighted by molar-refractivity contribution is 5.69. The number of carbonyl (C=O) groups excluding carboxylic acids is 2. The first-order valence-electron chi connectivity index (χ1n) is 17.9.